The van der Waals surface area contributed by atoms with Gasteiger partial charge >= 0.3 is 11.9 Å². The summed E-state index contributed by atoms with van der Waals surface area (Å²) in [7, 11) is 0. The minimum absolute atomic E-state index is 0.124. The second-order valence-electron chi connectivity index (χ2n) is 5.63. The number of rotatable bonds is 10. The molecule has 1 aromatic rings. The minimum atomic E-state index is -1.17. The van der Waals surface area contributed by atoms with Crippen LogP contribution in [0.2, 0.25) is 0 Å². The molecule has 0 saturated carbocycles. The van der Waals surface area contributed by atoms with Gasteiger partial charge in [-0.15, -0.1) is 0 Å². The molecule has 1 rings (SSSR count). The molecule has 0 aliphatic rings. The van der Waals surface area contributed by atoms with E-state index in [0.717, 1.165) is 0 Å². The average molecular weight is 326 g/mol. The first-order valence-electron chi connectivity index (χ1n) is 7.25. The van der Waals surface area contributed by atoms with E-state index in [-0.39, 0.29) is 12.3 Å². The normalized spacial score (nSPS) is 13.5. The Kier molecular flexibility index (Phi) is 7.20. The summed E-state index contributed by atoms with van der Waals surface area (Å²) in [6.45, 7) is 3.24. The Morgan fingerprint density at radius 2 is 1.96 bits per heavy atom. The zero-order valence-corrected chi connectivity index (χ0v) is 13.1. The van der Waals surface area contributed by atoms with Crippen LogP contribution in [-0.2, 0) is 20.8 Å². The summed E-state index contributed by atoms with van der Waals surface area (Å²) in [4.78, 5) is 40.8. The number of nitrogens with zero attached hydrogens (tertiary/aromatic N) is 1. The molecule has 2 atom stereocenters. The Morgan fingerprint density at radius 1 is 1.26 bits per heavy atom. The van der Waals surface area contributed by atoms with Crippen molar-refractivity contribution in [2.24, 2.45) is 5.92 Å². The highest BCUT2D eigenvalue weighted by Crippen LogP contribution is 2.08. The molecule has 1 aromatic heterocycles. The van der Waals surface area contributed by atoms with E-state index in [1.807, 2.05) is 13.8 Å². The molecule has 0 aliphatic heterocycles. The average Bonchev–Trinajstić information content (AvgIpc) is 2.95. The highest BCUT2D eigenvalue weighted by Gasteiger charge is 2.27. The third-order valence-corrected chi connectivity index (χ3v) is 3.12. The molecule has 2 unspecified atom stereocenters. The van der Waals surface area contributed by atoms with Crippen molar-refractivity contribution in [1.29, 1.82) is 0 Å². The van der Waals surface area contributed by atoms with Crippen molar-refractivity contribution in [2.45, 2.75) is 38.8 Å². The molecule has 5 N–H and O–H groups in total. The van der Waals surface area contributed by atoms with Crippen LogP contribution in [0, 0.1) is 5.92 Å². The molecular formula is C14H22N4O5. The SMILES string of the molecule is CC(C)CC(NC(Cc1cnc[nH]1)C(=O)NCC(=O)O)C(=O)O. The molecule has 1 amide bonds. The zero-order valence-electron chi connectivity index (χ0n) is 13.1. The largest absolute Gasteiger partial charge is 0.480 e. The summed E-state index contributed by atoms with van der Waals surface area (Å²) >= 11 is 0. The summed E-state index contributed by atoms with van der Waals surface area (Å²) in [6, 6.07) is -1.78. The number of hydrogen-bond acceptors (Lipinski definition) is 5. The van der Waals surface area contributed by atoms with Crippen LogP contribution in [0.3, 0.4) is 0 Å². The van der Waals surface area contributed by atoms with E-state index >= 15 is 0 Å². The van der Waals surface area contributed by atoms with Crippen LogP contribution in [0.25, 0.3) is 0 Å². The van der Waals surface area contributed by atoms with Gasteiger partial charge in [-0.25, -0.2) is 4.98 Å². The lowest BCUT2D eigenvalue weighted by Gasteiger charge is -2.23. The number of amides is 1. The van der Waals surface area contributed by atoms with E-state index in [9.17, 15) is 19.5 Å². The number of nitrogens with one attached hydrogen (secondary N) is 3. The van der Waals surface area contributed by atoms with Gasteiger partial charge in [-0.1, -0.05) is 13.8 Å². The van der Waals surface area contributed by atoms with Crippen molar-refractivity contribution < 1.29 is 24.6 Å². The van der Waals surface area contributed by atoms with Crippen LogP contribution in [0.5, 0.6) is 0 Å². The summed E-state index contributed by atoms with van der Waals surface area (Å²) < 4.78 is 0. The second kappa shape index (κ2) is 8.89. The first-order chi connectivity index (χ1) is 10.8. The van der Waals surface area contributed by atoms with Crippen LogP contribution >= 0.6 is 0 Å². The smallest absolute Gasteiger partial charge is 0.322 e. The van der Waals surface area contributed by atoms with E-state index in [0.29, 0.717) is 12.1 Å². The number of carboxylic acid groups (broad SMARTS) is 2. The van der Waals surface area contributed by atoms with E-state index in [1.54, 1.807) is 0 Å². The monoisotopic (exact) mass is 326 g/mol. The zero-order chi connectivity index (χ0) is 17.4. The topological polar surface area (TPSA) is 144 Å². The van der Waals surface area contributed by atoms with Gasteiger partial charge in [0.05, 0.1) is 12.4 Å². The summed E-state index contributed by atoms with van der Waals surface area (Å²) in [5, 5.41) is 23.0. The van der Waals surface area contributed by atoms with Gasteiger partial charge in [-0.3, -0.25) is 19.7 Å². The third kappa shape index (κ3) is 6.92. The van der Waals surface area contributed by atoms with Crippen LogP contribution in [-0.4, -0.2) is 56.7 Å². The van der Waals surface area contributed by atoms with Crippen molar-refractivity contribution in [1.82, 2.24) is 20.6 Å². The van der Waals surface area contributed by atoms with E-state index in [2.05, 4.69) is 20.6 Å². The summed E-state index contributed by atoms with van der Waals surface area (Å²) in [5.41, 5.74) is 0.640. The Bertz CT molecular complexity index is 529. The lowest BCUT2D eigenvalue weighted by Crippen LogP contribution is -2.53. The number of aliphatic carboxylic acids is 2. The minimum Gasteiger partial charge on any atom is -0.480 e. The van der Waals surface area contributed by atoms with Gasteiger partial charge in [-0.2, -0.15) is 0 Å². The van der Waals surface area contributed by atoms with E-state index in [4.69, 9.17) is 5.11 Å². The molecular weight excluding hydrogens is 304 g/mol. The van der Waals surface area contributed by atoms with Gasteiger partial charge in [0.2, 0.25) is 5.91 Å². The van der Waals surface area contributed by atoms with Gasteiger partial charge in [0.1, 0.15) is 12.6 Å². The number of hydrogen-bond donors (Lipinski definition) is 5. The Morgan fingerprint density at radius 3 is 2.43 bits per heavy atom. The molecule has 0 fully saturated rings. The van der Waals surface area contributed by atoms with Crippen LogP contribution < -0.4 is 10.6 Å². The predicted octanol–water partition coefficient (Wildman–Crippen LogP) is -0.389. The summed E-state index contributed by atoms with van der Waals surface area (Å²) in [5.74, 6) is -2.68. The van der Waals surface area contributed by atoms with E-state index in [1.165, 1.54) is 12.5 Å². The quantitative estimate of drug-likeness (QED) is 0.394. The number of carbonyl (C=O) groups excluding carboxylic acids is 1. The first-order valence-corrected chi connectivity index (χ1v) is 7.25. The van der Waals surface area contributed by atoms with E-state index < -0.39 is 36.5 Å². The van der Waals surface area contributed by atoms with Crippen LogP contribution in [0.4, 0.5) is 0 Å². The lowest BCUT2D eigenvalue weighted by molar-refractivity contribution is -0.141. The van der Waals surface area contributed by atoms with Crippen molar-refractivity contribution >= 4 is 17.8 Å². The van der Waals surface area contributed by atoms with Gasteiger partial charge < -0.3 is 20.5 Å². The fourth-order valence-electron chi connectivity index (χ4n) is 2.08. The Hall–Kier alpha value is -2.42. The number of carboxylic acids is 2. The molecule has 0 aromatic carbocycles. The number of aromatic nitrogens is 2. The molecule has 0 spiro atoms. The van der Waals surface area contributed by atoms with Gasteiger partial charge in [0, 0.05) is 18.3 Å². The fourth-order valence-corrected chi connectivity index (χ4v) is 2.08. The van der Waals surface area contributed by atoms with Crippen LogP contribution in [0.15, 0.2) is 12.5 Å². The predicted molar refractivity (Wildman–Crippen MR) is 80.7 cm³/mol. The molecule has 0 aliphatic carbocycles. The molecule has 0 bridgehead atoms. The van der Waals surface area contributed by atoms with Crippen molar-refractivity contribution in [2.75, 3.05) is 6.54 Å². The van der Waals surface area contributed by atoms with Gasteiger partial charge in [0.25, 0.3) is 0 Å². The molecule has 0 saturated heterocycles. The Balaban J connectivity index is 2.81. The number of aromatic amines is 1. The first kappa shape index (κ1) is 18.6. The van der Waals surface area contributed by atoms with Crippen molar-refractivity contribution in [3.8, 4) is 0 Å². The molecule has 1 heterocycles. The maximum absolute atomic E-state index is 12.2. The maximum atomic E-state index is 12.2. The molecule has 0 radical (unpaired) electrons. The number of imidazole rings is 1. The van der Waals surface area contributed by atoms with Crippen molar-refractivity contribution in [3.05, 3.63) is 18.2 Å². The number of carbonyl (C=O) groups is 3. The van der Waals surface area contributed by atoms with Crippen molar-refractivity contribution in [3.63, 3.8) is 0 Å². The molecule has 9 heteroatoms. The Labute approximate surface area is 133 Å². The lowest BCUT2D eigenvalue weighted by atomic mass is 10.0. The highest BCUT2D eigenvalue weighted by molar-refractivity contribution is 5.86. The fraction of sp³-hybridized carbons (Fsp3) is 0.571. The number of H-pyrrole nitrogens is 1. The second-order valence-corrected chi connectivity index (χ2v) is 5.63. The molecule has 23 heavy (non-hydrogen) atoms. The maximum Gasteiger partial charge on any atom is 0.322 e. The van der Waals surface area contributed by atoms with Crippen LogP contribution in [0.1, 0.15) is 26.0 Å². The standard InChI is InChI=1S/C14H22N4O5/c1-8(2)3-11(14(22)23)18-10(4-9-5-15-7-17-9)13(21)16-6-12(19)20/h5,7-8,10-11,18H,3-4,6H2,1-2H3,(H,15,17)(H,16,21)(H,19,20)(H,22,23). The third-order valence-electron chi connectivity index (χ3n) is 3.12. The van der Waals surface area contributed by atoms with Gasteiger partial charge in [0.15, 0.2) is 0 Å². The summed E-state index contributed by atoms with van der Waals surface area (Å²) in [6.07, 6.45) is 3.50. The molecule has 9 nitrogen and oxygen atoms in total. The molecule has 128 valence electrons. The van der Waals surface area contributed by atoms with Gasteiger partial charge in [-0.05, 0) is 12.3 Å². The highest BCUT2D eigenvalue weighted by atomic mass is 16.4.